The standard InChI is InChI=1S/C23H24N6O4/c1-12-8-15(4-6-18(12)32-14(3)9-20(24)30)27-22-25-11-13(2)21(29-22)26-16-5-7-19-17(10-16)28-23(31)33-19/h4-8,10-11,14H,9H2,1-3H3,(H2,24,30)(H,28,31)(H2,25,26,27,29). The maximum absolute atomic E-state index is 11.4. The average molecular weight is 448 g/mol. The number of aromatic amines is 1. The summed E-state index contributed by atoms with van der Waals surface area (Å²) >= 11 is 0. The molecule has 1 unspecified atom stereocenters. The van der Waals surface area contributed by atoms with E-state index in [1.54, 1.807) is 31.3 Å². The average Bonchev–Trinajstić information content (AvgIpc) is 3.11. The normalized spacial score (nSPS) is 11.8. The number of hydrogen-bond donors (Lipinski definition) is 4. The van der Waals surface area contributed by atoms with Gasteiger partial charge in [0, 0.05) is 23.1 Å². The Labute approximate surface area is 189 Å². The summed E-state index contributed by atoms with van der Waals surface area (Å²) in [5.74, 6) is 0.804. The van der Waals surface area contributed by atoms with E-state index in [4.69, 9.17) is 14.9 Å². The quantitative estimate of drug-likeness (QED) is 0.319. The molecular formula is C23H24N6O4. The van der Waals surface area contributed by atoms with E-state index in [9.17, 15) is 9.59 Å². The van der Waals surface area contributed by atoms with Crippen molar-refractivity contribution >= 4 is 40.1 Å². The summed E-state index contributed by atoms with van der Waals surface area (Å²) in [6.07, 6.45) is 1.55. The molecule has 10 nitrogen and oxygen atoms in total. The van der Waals surface area contributed by atoms with Gasteiger partial charge in [-0.3, -0.25) is 9.78 Å². The molecule has 33 heavy (non-hydrogen) atoms. The van der Waals surface area contributed by atoms with Crippen molar-refractivity contribution in [2.45, 2.75) is 33.3 Å². The first kappa shape index (κ1) is 21.9. The first-order chi connectivity index (χ1) is 15.8. The van der Waals surface area contributed by atoms with Crippen molar-refractivity contribution in [3.63, 3.8) is 0 Å². The van der Waals surface area contributed by atoms with Crippen molar-refractivity contribution < 1.29 is 13.9 Å². The maximum atomic E-state index is 11.4. The van der Waals surface area contributed by atoms with E-state index < -0.39 is 11.7 Å². The van der Waals surface area contributed by atoms with Crippen molar-refractivity contribution in [3.05, 3.63) is 64.3 Å². The topological polar surface area (TPSA) is 148 Å². The van der Waals surface area contributed by atoms with Gasteiger partial charge in [-0.2, -0.15) is 4.98 Å². The van der Waals surface area contributed by atoms with E-state index in [2.05, 4.69) is 25.6 Å². The van der Waals surface area contributed by atoms with E-state index >= 15 is 0 Å². The number of benzene rings is 2. The van der Waals surface area contributed by atoms with Crippen molar-refractivity contribution in [1.82, 2.24) is 15.0 Å². The van der Waals surface area contributed by atoms with Crippen molar-refractivity contribution in [2.24, 2.45) is 5.73 Å². The fourth-order valence-corrected chi connectivity index (χ4v) is 3.33. The molecule has 0 saturated carbocycles. The van der Waals surface area contributed by atoms with Crippen LogP contribution in [0.1, 0.15) is 24.5 Å². The first-order valence-corrected chi connectivity index (χ1v) is 10.3. The predicted octanol–water partition coefficient (Wildman–Crippen LogP) is 3.66. The van der Waals surface area contributed by atoms with Gasteiger partial charge in [0.1, 0.15) is 17.7 Å². The number of H-pyrrole nitrogens is 1. The van der Waals surface area contributed by atoms with Gasteiger partial charge in [0.15, 0.2) is 5.58 Å². The number of amides is 1. The number of rotatable bonds is 8. The van der Waals surface area contributed by atoms with Crippen molar-refractivity contribution in [1.29, 1.82) is 0 Å². The number of ether oxygens (including phenoxy) is 1. The summed E-state index contributed by atoms with van der Waals surface area (Å²) < 4.78 is 10.8. The first-order valence-electron chi connectivity index (χ1n) is 10.3. The van der Waals surface area contributed by atoms with Gasteiger partial charge in [0.25, 0.3) is 0 Å². The lowest BCUT2D eigenvalue weighted by Crippen LogP contribution is -2.22. The van der Waals surface area contributed by atoms with Crippen LogP contribution in [-0.4, -0.2) is 27.0 Å². The lowest BCUT2D eigenvalue weighted by atomic mass is 10.2. The molecule has 0 fully saturated rings. The Morgan fingerprint density at radius 2 is 1.91 bits per heavy atom. The van der Waals surface area contributed by atoms with Gasteiger partial charge in [0.2, 0.25) is 11.9 Å². The SMILES string of the molecule is Cc1cc(Nc2ncc(C)c(Nc3ccc4oc(=O)[nH]c4c3)n2)ccc1OC(C)CC(N)=O. The molecule has 170 valence electrons. The Hall–Kier alpha value is -4.34. The minimum Gasteiger partial charge on any atom is -0.490 e. The highest BCUT2D eigenvalue weighted by Crippen LogP contribution is 2.26. The lowest BCUT2D eigenvalue weighted by molar-refractivity contribution is -0.119. The fraction of sp³-hybridized carbons (Fsp3) is 0.217. The third-order valence-electron chi connectivity index (χ3n) is 4.90. The second kappa shape index (κ2) is 9.03. The van der Waals surface area contributed by atoms with Gasteiger partial charge in [-0.15, -0.1) is 0 Å². The molecule has 2 heterocycles. The van der Waals surface area contributed by atoms with Crippen LogP contribution in [0.3, 0.4) is 0 Å². The van der Waals surface area contributed by atoms with Gasteiger partial charge in [0.05, 0.1) is 11.9 Å². The van der Waals surface area contributed by atoms with Crippen LogP contribution in [0.15, 0.2) is 51.8 Å². The largest absolute Gasteiger partial charge is 0.490 e. The Kier molecular flexibility index (Phi) is 5.99. The zero-order chi connectivity index (χ0) is 23.5. The molecular weight excluding hydrogens is 424 g/mol. The summed E-state index contributed by atoms with van der Waals surface area (Å²) in [7, 11) is 0. The van der Waals surface area contributed by atoms with Crippen LogP contribution >= 0.6 is 0 Å². The Morgan fingerprint density at radius 3 is 2.67 bits per heavy atom. The summed E-state index contributed by atoms with van der Waals surface area (Å²) in [4.78, 5) is 34.0. The molecule has 2 aromatic heterocycles. The molecule has 0 spiro atoms. The van der Waals surface area contributed by atoms with Crippen LogP contribution in [0.2, 0.25) is 0 Å². The van der Waals surface area contributed by atoms with E-state index in [1.165, 1.54) is 0 Å². The van der Waals surface area contributed by atoms with Crippen LogP contribution in [0.4, 0.5) is 23.1 Å². The second-order valence-electron chi connectivity index (χ2n) is 7.78. The smallest absolute Gasteiger partial charge is 0.417 e. The Morgan fingerprint density at radius 1 is 1.15 bits per heavy atom. The molecule has 10 heteroatoms. The predicted molar refractivity (Wildman–Crippen MR) is 125 cm³/mol. The number of carbonyl (C=O) groups excluding carboxylic acids is 1. The third kappa shape index (κ3) is 5.29. The van der Waals surface area contributed by atoms with Crippen LogP contribution < -0.4 is 26.9 Å². The van der Waals surface area contributed by atoms with Crippen LogP contribution in [0.25, 0.3) is 11.1 Å². The number of fused-ring (bicyclic) bond motifs is 1. The number of nitrogens with two attached hydrogens (primary N) is 1. The van der Waals surface area contributed by atoms with Gasteiger partial charge in [-0.05, 0) is 62.7 Å². The summed E-state index contributed by atoms with van der Waals surface area (Å²) in [6, 6.07) is 10.9. The van der Waals surface area contributed by atoms with Crippen molar-refractivity contribution in [3.8, 4) is 5.75 Å². The van der Waals surface area contributed by atoms with Crippen molar-refractivity contribution in [2.75, 3.05) is 10.6 Å². The molecule has 2 aromatic carbocycles. The molecule has 0 saturated heterocycles. The summed E-state index contributed by atoms with van der Waals surface area (Å²) in [5.41, 5.74) is 9.58. The number of nitrogens with one attached hydrogen (secondary N) is 3. The van der Waals surface area contributed by atoms with E-state index in [0.29, 0.717) is 28.6 Å². The number of aryl methyl sites for hydroxylation is 2. The minimum atomic E-state index is -0.499. The second-order valence-corrected chi connectivity index (χ2v) is 7.78. The van der Waals surface area contributed by atoms with Crippen LogP contribution in [0.5, 0.6) is 5.75 Å². The number of hydrogen-bond acceptors (Lipinski definition) is 8. The molecule has 0 aliphatic carbocycles. The molecule has 4 rings (SSSR count). The highest BCUT2D eigenvalue weighted by Gasteiger charge is 2.11. The number of aromatic nitrogens is 3. The molecule has 1 amide bonds. The van der Waals surface area contributed by atoms with Crippen LogP contribution in [-0.2, 0) is 4.79 Å². The number of oxazole rings is 1. The molecule has 0 aliphatic heterocycles. The number of nitrogens with zero attached hydrogens (tertiary/aromatic N) is 2. The number of carbonyl (C=O) groups is 1. The number of anilines is 4. The zero-order valence-electron chi connectivity index (χ0n) is 18.4. The zero-order valence-corrected chi connectivity index (χ0v) is 18.4. The molecule has 0 bridgehead atoms. The minimum absolute atomic E-state index is 0.149. The summed E-state index contributed by atoms with van der Waals surface area (Å²) in [6.45, 7) is 5.61. The number of primary amides is 1. The van der Waals surface area contributed by atoms with Crippen LogP contribution in [0, 0.1) is 13.8 Å². The van der Waals surface area contributed by atoms with E-state index in [0.717, 1.165) is 22.5 Å². The highest BCUT2D eigenvalue weighted by atomic mass is 16.5. The van der Waals surface area contributed by atoms with Gasteiger partial charge in [-0.1, -0.05) is 0 Å². The summed E-state index contributed by atoms with van der Waals surface area (Å²) in [5, 5.41) is 6.43. The molecule has 1 atom stereocenters. The van der Waals surface area contributed by atoms with Gasteiger partial charge < -0.3 is 25.5 Å². The molecule has 0 radical (unpaired) electrons. The monoisotopic (exact) mass is 448 g/mol. The molecule has 4 aromatic rings. The third-order valence-corrected chi connectivity index (χ3v) is 4.90. The molecule has 0 aliphatic rings. The molecule has 5 N–H and O–H groups in total. The van der Waals surface area contributed by atoms with Gasteiger partial charge in [-0.25, -0.2) is 9.78 Å². The Bertz CT molecular complexity index is 1380. The van der Waals surface area contributed by atoms with E-state index in [-0.39, 0.29) is 12.5 Å². The fourth-order valence-electron chi connectivity index (χ4n) is 3.33. The van der Waals surface area contributed by atoms with E-state index in [1.807, 2.05) is 32.0 Å². The maximum Gasteiger partial charge on any atom is 0.417 e. The lowest BCUT2D eigenvalue weighted by Gasteiger charge is -2.16. The highest BCUT2D eigenvalue weighted by molar-refractivity contribution is 5.78. The van der Waals surface area contributed by atoms with Gasteiger partial charge >= 0.3 is 5.76 Å². The Balaban J connectivity index is 1.49.